The Bertz CT molecular complexity index is 425. The molecule has 3 heteroatoms. The van der Waals surface area contributed by atoms with Crippen LogP contribution < -0.4 is 10.1 Å². The van der Waals surface area contributed by atoms with Crippen molar-refractivity contribution in [3.8, 4) is 5.75 Å². The lowest BCUT2D eigenvalue weighted by atomic mass is 9.93. The summed E-state index contributed by atoms with van der Waals surface area (Å²) >= 11 is 0. The zero-order valence-electron chi connectivity index (χ0n) is 11.4. The van der Waals surface area contributed by atoms with Gasteiger partial charge in [-0.2, -0.15) is 0 Å². The molecule has 0 atom stereocenters. The van der Waals surface area contributed by atoms with Gasteiger partial charge in [-0.05, 0) is 55.7 Å². The molecule has 0 bridgehead atoms. The lowest BCUT2D eigenvalue weighted by Crippen LogP contribution is -2.34. The van der Waals surface area contributed by atoms with Crippen LogP contribution in [-0.2, 0) is 13.0 Å². The number of hydrogen-bond acceptors (Lipinski definition) is 3. The van der Waals surface area contributed by atoms with Crippen molar-refractivity contribution >= 4 is 0 Å². The Morgan fingerprint density at radius 1 is 1.21 bits per heavy atom. The summed E-state index contributed by atoms with van der Waals surface area (Å²) in [7, 11) is 0. The Morgan fingerprint density at radius 2 is 2.05 bits per heavy atom. The number of hydrogen-bond donors (Lipinski definition) is 2. The third-order valence-corrected chi connectivity index (χ3v) is 4.26. The van der Waals surface area contributed by atoms with Crippen molar-refractivity contribution in [2.24, 2.45) is 0 Å². The van der Waals surface area contributed by atoms with Gasteiger partial charge in [0, 0.05) is 12.6 Å². The predicted octanol–water partition coefficient (Wildman–Crippen LogP) is 2.40. The average Bonchev–Trinajstić information content (AvgIpc) is 2.46. The van der Waals surface area contributed by atoms with Gasteiger partial charge < -0.3 is 15.2 Å². The second-order valence-electron chi connectivity index (χ2n) is 5.78. The molecule has 1 aliphatic carbocycles. The fraction of sp³-hybridized carbons (Fsp3) is 0.625. The lowest BCUT2D eigenvalue weighted by molar-refractivity contribution is 0.116. The highest BCUT2D eigenvalue weighted by atomic mass is 16.5. The molecule has 0 saturated heterocycles. The van der Waals surface area contributed by atoms with E-state index in [-0.39, 0.29) is 6.10 Å². The molecule has 1 aliphatic heterocycles. The van der Waals surface area contributed by atoms with Gasteiger partial charge in [-0.15, -0.1) is 0 Å². The van der Waals surface area contributed by atoms with Crippen molar-refractivity contribution in [1.82, 2.24) is 5.32 Å². The Labute approximate surface area is 115 Å². The van der Waals surface area contributed by atoms with E-state index in [0.29, 0.717) is 6.04 Å². The molecule has 3 nitrogen and oxygen atoms in total. The Hall–Kier alpha value is -1.06. The number of aryl methyl sites for hydroxylation is 1. The molecule has 1 aromatic carbocycles. The van der Waals surface area contributed by atoms with Crippen molar-refractivity contribution in [2.45, 2.75) is 57.2 Å². The third kappa shape index (κ3) is 3.28. The summed E-state index contributed by atoms with van der Waals surface area (Å²) in [6.07, 6.45) is 6.26. The van der Waals surface area contributed by atoms with E-state index in [1.54, 1.807) is 0 Å². The van der Waals surface area contributed by atoms with Crippen LogP contribution in [0.25, 0.3) is 0 Å². The minimum absolute atomic E-state index is 0.0704. The van der Waals surface area contributed by atoms with Crippen LogP contribution in [0.4, 0.5) is 0 Å². The van der Waals surface area contributed by atoms with Gasteiger partial charge in [-0.25, -0.2) is 0 Å². The number of nitrogens with one attached hydrogen (secondary N) is 1. The normalized spacial score (nSPS) is 26.6. The molecule has 2 aliphatic rings. The van der Waals surface area contributed by atoms with Crippen LogP contribution >= 0.6 is 0 Å². The summed E-state index contributed by atoms with van der Waals surface area (Å²) in [6.45, 7) is 1.78. The van der Waals surface area contributed by atoms with Crippen LogP contribution in [0.3, 0.4) is 0 Å². The van der Waals surface area contributed by atoms with E-state index in [0.717, 1.165) is 57.4 Å². The molecule has 2 N–H and O–H groups in total. The zero-order chi connectivity index (χ0) is 13.1. The Balaban J connectivity index is 1.55. The van der Waals surface area contributed by atoms with Gasteiger partial charge >= 0.3 is 0 Å². The van der Waals surface area contributed by atoms with Crippen molar-refractivity contribution in [3.05, 3.63) is 29.3 Å². The molecule has 0 spiro atoms. The van der Waals surface area contributed by atoms with E-state index < -0.39 is 0 Å². The maximum atomic E-state index is 9.50. The second kappa shape index (κ2) is 5.93. The van der Waals surface area contributed by atoms with Crippen LogP contribution in [0.1, 0.15) is 43.2 Å². The maximum Gasteiger partial charge on any atom is 0.122 e. The topological polar surface area (TPSA) is 41.5 Å². The molecule has 3 rings (SSSR count). The van der Waals surface area contributed by atoms with Gasteiger partial charge in [0.15, 0.2) is 0 Å². The maximum absolute atomic E-state index is 9.50. The van der Waals surface area contributed by atoms with Crippen LogP contribution in [-0.4, -0.2) is 23.9 Å². The second-order valence-corrected chi connectivity index (χ2v) is 5.78. The first-order chi connectivity index (χ1) is 9.31. The summed E-state index contributed by atoms with van der Waals surface area (Å²) in [5, 5.41) is 13.1. The third-order valence-electron chi connectivity index (χ3n) is 4.26. The Morgan fingerprint density at radius 3 is 2.89 bits per heavy atom. The number of aliphatic hydroxyl groups is 1. The van der Waals surface area contributed by atoms with Crippen molar-refractivity contribution in [2.75, 3.05) is 6.61 Å². The smallest absolute Gasteiger partial charge is 0.122 e. The molecule has 1 aromatic rings. The number of rotatable bonds is 3. The van der Waals surface area contributed by atoms with E-state index in [4.69, 9.17) is 4.74 Å². The lowest BCUT2D eigenvalue weighted by Gasteiger charge is -2.26. The van der Waals surface area contributed by atoms with Gasteiger partial charge in [-0.3, -0.25) is 0 Å². The molecule has 0 radical (unpaired) electrons. The molecular weight excluding hydrogens is 238 g/mol. The zero-order valence-corrected chi connectivity index (χ0v) is 11.4. The Kier molecular flexibility index (Phi) is 4.04. The first kappa shape index (κ1) is 12.9. The summed E-state index contributed by atoms with van der Waals surface area (Å²) in [4.78, 5) is 0. The summed E-state index contributed by atoms with van der Waals surface area (Å²) in [6, 6.07) is 7.11. The highest BCUT2D eigenvalue weighted by Crippen LogP contribution is 2.26. The van der Waals surface area contributed by atoms with Gasteiger partial charge in [0.2, 0.25) is 0 Å². The minimum atomic E-state index is -0.0704. The van der Waals surface area contributed by atoms with E-state index in [2.05, 4.69) is 23.5 Å². The highest BCUT2D eigenvalue weighted by Gasteiger charge is 2.18. The highest BCUT2D eigenvalue weighted by molar-refractivity contribution is 5.38. The van der Waals surface area contributed by atoms with E-state index in [9.17, 15) is 5.11 Å². The van der Waals surface area contributed by atoms with E-state index >= 15 is 0 Å². The first-order valence-corrected chi connectivity index (χ1v) is 7.47. The van der Waals surface area contributed by atoms with Gasteiger partial charge in [-0.1, -0.05) is 12.1 Å². The van der Waals surface area contributed by atoms with Crippen LogP contribution in [0.15, 0.2) is 18.2 Å². The number of aliphatic hydroxyl groups excluding tert-OH is 1. The molecule has 1 fully saturated rings. The summed E-state index contributed by atoms with van der Waals surface area (Å²) in [5.74, 6) is 1.07. The molecule has 1 heterocycles. The minimum Gasteiger partial charge on any atom is -0.493 e. The molecular formula is C16H23NO2. The molecule has 0 unspecified atom stereocenters. The van der Waals surface area contributed by atoms with Crippen molar-refractivity contribution < 1.29 is 9.84 Å². The summed E-state index contributed by atoms with van der Waals surface area (Å²) in [5.41, 5.74) is 2.69. The molecule has 1 saturated carbocycles. The molecule has 19 heavy (non-hydrogen) atoms. The van der Waals surface area contributed by atoms with Gasteiger partial charge in [0.25, 0.3) is 0 Å². The van der Waals surface area contributed by atoms with Crippen molar-refractivity contribution in [3.63, 3.8) is 0 Å². The monoisotopic (exact) mass is 261 g/mol. The number of fused-ring (bicyclic) bond motifs is 1. The van der Waals surface area contributed by atoms with E-state index in [1.807, 2.05) is 0 Å². The predicted molar refractivity (Wildman–Crippen MR) is 75.4 cm³/mol. The fourth-order valence-corrected chi connectivity index (χ4v) is 3.07. The SMILES string of the molecule is OC1CCC(NCc2ccc3c(c2)CCCO3)CC1. The first-order valence-electron chi connectivity index (χ1n) is 7.47. The largest absolute Gasteiger partial charge is 0.493 e. The molecule has 0 aromatic heterocycles. The van der Waals surface area contributed by atoms with Crippen LogP contribution in [0, 0.1) is 0 Å². The number of benzene rings is 1. The molecule has 104 valence electrons. The average molecular weight is 261 g/mol. The van der Waals surface area contributed by atoms with Crippen molar-refractivity contribution in [1.29, 1.82) is 0 Å². The standard InChI is InChI=1S/C16H23NO2/c18-15-6-4-14(5-7-15)17-11-12-3-8-16-13(10-12)2-1-9-19-16/h3,8,10,14-15,17-18H,1-2,4-7,9,11H2. The fourth-order valence-electron chi connectivity index (χ4n) is 3.07. The van der Waals surface area contributed by atoms with Crippen LogP contribution in [0.2, 0.25) is 0 Å². The molecule has 0 amide bonds. The quantitative estimate of drug-likeness (QED) is 0.878. The van der Waals surface area contributed by atoms with Gasteiger partial charge in [0.1, 0.15) is 5.75 Å². The van der Waals surface area contributed by atoms with E-state index in [1.165, 1.54) is 11.1 Å². The number of ether oxygens (including phenoxy) is 1. The van der Waals surface area contributed by atoms with Gasteiger partial charge in [0.05, 0.1) is 12.7 Å². The summed E-state index contributed by atoms with van der Waals surface area (Å²) < 4.78 is 5.64. The van der Waals surface area contributed by atoms with Crippen LogP contribution in [0.5, 0.6) is 5.75 Å².